The van der Waals surface area contributed by atoms with Crippen LogP contribution >= 0.6 is 0 Å². The Kier molecular flexibility index (Phi) is 4.24. The molecule has 2 aromatic rings. The zero-order valence-electron chi connectivity index (χ0n) is 12.3. The van der Waals surface area contributed by atoms with Gasteiger partial charge < -0.3 is 10.6 Å². The van der Waals surface area contributed by atoms with Crippen LogP contribution in [0.15, 0.2) is 42.7 Å². The summed E-state index contributed by atoms with van der Waals surface area (Å²) in [5.41, 5.74) is 1.02. The Morgan fingerprint density at radius 1 is 1.13 bits per heavy atom. The number of hydrogen-bond acceptors (Lipinski definition) is 6. The number of hydrogen-bond donors (Lipinski definition) is 2. The van der Waals surface area contributed by atoms with Crippen molar-refractivity contribution >= 4 is 27.4 Å². The molecule has 0 saturated carbocycles. The SMILES string of the molecule is O=C(Nc1ccccc1)c1cnc(NC2CCS(=O)(=O)C2)nc1. The Balaban J connectivity index is 1.62. The highest BCUT2D eigenvalue weighted by atomic mass is 32.2. The molecule has 1 unspecified atom stereocenters. The van der Waals surface area contributed by atoms with Crippen molar-refractivity contribution < 1.29 is 13.2 Å². The van der Waals surface area contributed by atoms with Gasteiger partial charge in [-0.25, -0.2) is 18.4 Å². The van der Waals surface area contributed by atoms with Crippen molar-refractivity contribution in [2.45, 2.75) is 12.5 Å². The lowest BCUT2D eigenvalue weighted by Gasteiger charge is -2.10. The number of amides is 1. The van der Waals surface area contributed by atoms with E-state index in [1.54, 1.807) is 12.1 Å². The van der Waals surface area contributed by atoms with Gasteiger partial charge in [0.15, 0.2) is 9.84 Å². The number of sulfone groups is 1. The maximum Gasteiger partial charge on any atom is 0.258 e. The molecule has 1 aliphatic rings. The van der Waals surface area contributed by atoms with E-state index in [0.29, 0.717) is 23.6 Å². The second-order valence-corrected chi connectivity index (χ2v) is 7.59. The van der Waals surface area contributed by atoms with E-state index in [1.165, 1.54) is 12.4 Å². The fourth-order valence-electron chi connectivity index (χ4n) is 2.34. The zero-order valence-corrected chi connectivity index (χ0v) is 13.1. The smallest absolute Gasteiger partial charge is 0.258 e. The van der Waals surface area contributed by atoms with E-state index in [1.807, 2.05) is 18.2 Å². The first kappa shape index (κ1) is 15.4. The quantitative estimate of drug-likeness (QED) is 0.876. The molecule has 8 heteroatoms. The van der Waals surface area contributed by atoms with Gasteiger partial charge >= 0.3 is 0 Å². The molecule has 1 fully saturated rings. The third-order valence-electron chi connectivity index (χ3n) is 3.51. The lowest BCUT2D eigenvalue weighted by molar-refractivity contribution is 0.102. The molecule has 1 aliphatic heterocycles. The summed E-state index contributed by atoms with van der Waals surface area (Å²) in [7, 11) is -2.95. The molecule has 1 aromatic carbocycles. The minimum Gasteiger partial charge on any atom is -0.350 e. The predicted molar refractivity (Wildman–Crippen MR) is 87.1 cm³/mol. The van der Waals surface area contributed by atoms with Crippen LogP contribution in [0, 0.1) is 0 Å². The zero-order chi connectivity index (χ0) is 16.3. The minimum atomic E-state index is -2.95. The first-order chi connectivity index (χ1) is 11.0. The molecule has 0 aliphatic carbocycles. The van der Waals surface area contributed by atoms with Crippen LogP contribution in [0.5, 0.6) is 0 Å². The normalized spacial score (nSPS) is 19.2. The highest BCUT2D eigenvalue weighted by molar-refractivity contribution is 7.91. The summed E-state index contributed by atoms with van der Waals surface area (Å²) in [4.78, 5) is 20.2. The van der Waals surface area contributed by atoms with Crippen LogP contribution in [0.4, 0.5) is 11.6 Å². The average molecular weight is 332 g/mol. The van der Waals surface area contributed by atoms with E-state index in [9.17, 15) is 13.2 Å². The number of carbonyl (C=O) groups excluding carboxylic acids is 1. The van der Waals surface area contributed by atoms with E-state index in [0.717, 1.165) is 0 Å². The van der Waals surface area contributed by atoms with Crippen molar-refractivity contribution in [3.63, 3.8) is 0 Å². The maximum atomic E-state index is 12.1. The van der Waals surface area contributed by atoms with Gasteiger partial charge in [0.05, 0.1) is 17.1 Å². The van der Waals surface area contributed by atoms with E-state index >= 15 is 0 Å². The number of anilines is 2. The van der Waals surface area contributed by atoms with Gasteiger partial charge in [0.1, 0.15) is 0 Å². The Morgan fingerprint density at radius 2 is 1.83 bits per heavy atom. The van der Waals surface area contributed by atoms with Gasteiger partial charge in [0.2, 0.25) is 5.95 Å². The molecule has 0 bridgehead atoms. The molecule has 0 spiro atoms. The molecule has 23 heavy (non-hydrogen) atoms. The molecular weight excluding hydrogens is 316 g/mol. The molecule has 3 rings (SSSR count). The van der Waals surface area contributed by atoms with Crippen LogP contribution < -0.4 is 10.6 Å². The van der Waals surface area contributed by atoms with E-state index in [2.05, 4.69) is 20.6 Å². The monoisotopic (exact) mass is 332 g/mol. The van der Waals surface area contributed by atoms with Crippen LogP contribution in [0.25, 0.3) is 0 Å². The molecule has 2 N–H and O–H groups in total. The Bertz CT molecular complexity index is 791. The van der Waals surface area contributed by atoms with Crippen molar-refractivity contribution in [1.82, 2.24) is 9.97 Å². The van der Waals surface area contributed by atoms with Crippen molar-refractivity contribution in [3.8, 4) is 0 Å². The first-order valence-electron chi connectivity index (χ1n) is 7.17. The van der Waals surface area contributed by atoms with Crippen LogP contribution in [0.2, 0.25) is 0 Å². The minimum absolute atomic E-state index is 0.0899. The van der Waals surface area contributed by atoms with Gasteiger partial charge in [-0.2, -0.15) is 0 Å². The van der Waals surface area contributed by atoms with Gasteiger partial charge in [0.25, 0.3) is 5.91 Å². The fourth-order valence-corrected chi connectivity index (χ4v) is 4.01. The first-order valence-corrected chi connectivity index (χ1v) is 8.99. The van der Waals surface area contributed by atoms with Gasteiger partial charge in [-0.05, 0) is 18.6 Å². The van der Waals surface area contributed by atoms with E-state index in [4.69, 9.17) is 0 Å². The summed E-state index contributed by atoms with van der Waals surface area (Å²) in [6.07, 6.45) is 3.37. The summed E-state index contributed by atoms with van der Waals surface area (Å²) >= 11 is 0. The summed E-state index contributed by atoms with van der Waals surface area (Å²) in [5.74, 6) is 0.295. The molecule has 7 nitrogen and oxygen atoms in total. The number of para-hydroxylation sites is 1. The number of aromatic nitrogens is 2. The van der Waals surface area contributed by atoms with Crippen LogP contribution in [0.1, 0.15) is 16.8 Å². The van der Waals surface area contributed by atoms with Crippen molar-refractivity contribution in [2.75, 3.05) is 22.1 Å². The molecule has 1 saturated heterocycles. The largest absolute Gasteiger partial charge is 0.350 e. The number of nitrogens with one attached hydrogen (secondary N) is 2. The summed E-state index contributed by atoms with van der Waals surface area (Å²) in [6.45, 7) is 0. The topological polar surface area (TPSA) is 101 Å². The van der Waals surface area contributed by atoms with Crippen LogP contribution in [0.3, 0.4) is 0 Å². The van der Waals surface area contributed by atoms with Gasteiger partial charge in [-0.1, -0.05) is 18.2 Å². The van der Waals surface area contributed by atoms with Gasteiger partial charge in [0, 0.05) is 24.1 Å². The Hall–Kier alpha value is -2.48. The number of benzene rings is 1. The molecule has 0 radical (unpaired) electrons. The predicted octanol–water partition coefficient (Wildman–Crippen LogP) is 1.33. The molecule has 1 aromatic heterocycles. The fraction of sp³-hybridized carbons (Fsp3) is 0.267. The summed E-state index contributed by atoms with van der Waals surface area (Å²) < 4.78 is 22.8. The number of nitrogens with zero attached hydrogens (tertiary/aromatic N) is 2. The standard InChI is InChI=1S/C15H16N4O3S/c20-14(18-12-4-2-1-3-5-12)11-8-16-15(17-9-11)19-13-6-7-23(21,22)10-13/h1-5,8-9,13H,6-7,10H2,(H,18,20)(H,16,17,19). The number of rotatable bonds is 4. The molecule has 1 atom stereocenters. The van der Waals surface area contributed by atoms with Crippen LogP contribution in [-0.4, -0.2) is 41.8 Å². The molecule has 2 heterocycles. The number of carbonyl (C=O) groups is 1. The maximum absolute atomic E-state index is 12.1. The van der Waals surface area contributed by atoms with Crippen molar-refractivity contribution in [3.05, 3.63) is 48.3 Å². The lowest BCUT2D eigenvalue weighted by Crippen LogP contribution is -2.22. The Morgan fingerprint density at radius 3 is 2.43 bits per heavy atom. The van der Waals surface area contributed by atoms with E-state index in [-0.39, 0.29) is 23.5 Å². The molecule has 120 valence electrons. The summed E-state index contributed by atoms with van der Waals surface area (Å²) in [5, 5.41) is 5.72. The van der Waals surface area contributed by atoms with Crippen molar-refractivity contribution in [2.24, 2.45) is 0 Å². The molecule has 1 amide bonds. The highest BCUT2D eigenvalue weighted by Gasteiger charge is 2.28. The van der Waals surface area contributed by atoms with E-state index < -0.39 is 9.84 Å². The van der Waals surface area contributed by atoms with Crippen molar-refractivity contribution in [1.29, 1.82) is 0 Å². The Labute approximate surface area is 134 Å². The second-order valence-electron chi connectivity index (χ2n) is 5.36. The molecular formula is C15H16N4O3S. The van der Waals surface area contributed by atoms with Gasteiger partial charge in [-0.3, -0.25) is 4.79 Å². The third-order valence-corrected chi connectivity index (χ3v) is 5.28. The van der Waals surface area contributed by atoms with Gasteiger partial charge in [-0.15, -0.1) is 0 Å². The second kappa shape index (κ2) is 6.33. The highest BCUT2D eigenvalue weighted by Crippen LogP contribution is 2.15. The average Bonchev–Trinajstić information content (AvgIpc) is 2.88. The summed E-state index contributed by atoms with van der Waals surface area (Å²) in [6, 6.07) is 8.92. The third kappa shape index (κ3) is 4.04. The lowest BCUT2D eigenvalue weighted by atomic mass is 10.2. The van der Waals surface area contributed by atoms with Crippen LogP contribution in [-0.2, 0) is 9.84 Å².